The first-order chi connectivity index (χ1) is 7.95. The highest BCUT2D eigenvalue weighted by Crippen LogP contribution is 2.29. The highest BCUT2D eigenvalue weighted by molar-refractivity contribution is 7.13. The lowest BCUT2D eigenvalue weighted by Gasteiger charge is -2.06. The number of aromatic nitrogens is 3. The van der Waals surface area contributed by atoms with E-state index in [0.717, 1.165) is 18.1 Å². The number of hydrogen-bond acceptors (Lipinski definition) is 5. The van der Waals surface area contributed by atoms with Gasteiger partial charge in [-0.25, -0.2) is 15.0 Å². The van der Waals surface area contributed by atoms with E-state index in [1.54, 1.807) is 12.3 Å². The molecule has 4 nitrogen and oxygen atoms in total. The van der Waals surface area contributed by atoms with Crippen LogP contribution >= 0.6 is 11.3 Å². The molecule has 0 aliphatic heterocycles. The Morgan fingerprint density at radius 2 is 2.06 bits per heavy atom. The van der Waals surface area contributed by atoms with Crippen molar-refractivity contribution < 1.29 is 13.2 Å². The van der Waals surface area contributed by atoms with Crippen molar-refractivity contribution >= 4 is 22.3 Å². The molecule has 0 spiro atoms. The summed E-state index contributed by atoms with van der Waals surface area (Å²) in [5.74, 6) is 0.0710. The largest absolute Gasteiger partial charge is 0.433 e. The average Bonchev–Trinajstić information content (AvgIpc) is 2.63. The molecule has 0 saturated heterocycles. The Bertz CT molecular complexity index is 523. The Morgan fingerprint density at radius 1 is 1.29 bits per heavy atom. The maximum absolute atomic E-state index is 12.4. The molecule has 2 aromatic rings. The zero-order valence-electron chi connectivity index (χ0n) is 8.62. The van der Waals surface area contributed by atoms with Crippen LogP contribution in [0, 0.1) is 6.92 Å². The van der Waals surface area contributed by atoms with E-state index in [0.29, 0.717) is 5.13 Å². The number of alkyl halides is 3. The number of aryl methyl sites for hydroxylation is 1. The molecule has 0 radical (unpaired) electrons. The summed E-state index contributed by atoms with van der Waals surface area (Å²) < 4.78 is 37.1. The summed E-state index contributed by atoms with van der Waals surface area (Å²) in [6.07, 6.45) is -3.61. The molecule has 8 heteroatoms. The van der Waals surface area contributed by atoms with Gasteiger partial charge in [-0.05, 0) is 6.92 Å². The molecule has 2 rings (SSSR count). The predicted molar refractivity (Wildman–Crippen MR) is 57.2 cm³/mol. The molecule has 0 aromatic carbocycles. The lowest BCUT2D eigenvalue weighted by molar-refractivity contribution is -0.141. The molecular weight excluding hydrogens is 253 g/mol. The third kappa shape index (κ3) is 2.90. The molecule has 1 N–H and O–H groups in total. The Kier molecular flexibility index (Phi) is 2.97. The number of hydrogen-bond donors (Lipinski definition) is 1. The molecule has 2 heterocycles. The van der Waals surface area contributed by atoms with Crippen LogP contribution in [-0.4, -0.2) is 15.0 Å². The fourth-order valence-electron chi connectivity index (χ4n) is 1.10. The van der Waals surface area contributed by atoms with Crippen LogP contribution in [0.25, 0.3) is 0 Å². The monoisotopic (exact) mass is 260 g/mol. The summed E-state index contributed by atoms with van der Waals surface area (Å²) in [6, 6.07) is 0.844. The van der Waals surface area contributed by atoms with E-state index >= 15 is 0 Å². The molecule has 17 heavy (non-hydrogen) atoms. The van der Waals surface area contributed by atoms with Crippen LogP contribution in [0.3, 0.4) is 0 Å². The van der Waals surface area contributed by atoms with Crippen molar-refractivity contribution in [2.75, 3.05) is 5.32 Å². The minimum absolute atomic E-state index is 0.0710. The van der Waals surface area contributed by atoms with Gasteiger partial charge in [0.1, 0.15) is 17.8 Å². The van der Waals surface area contributed by atoms with Crippen LogP contribution in [0.15, 0.2) is 17.8 Å². The molecule has 0 saturated carbocycles. The summed E-state index contributed by atoms with van der Waals surface area (Å²) in [6.45, 7) is 1.79. The van der Waals surface area contributed by atoms with E-state index < -0.39 is 11.9 Å². The highest BCUT2D eigenvalue weighted by atomic mass is 32.1. The Morgan fingerprint density at radius 3 is 2.65 bits per heavy atom. The number of anilines is 2. The van der Waals surface area contributed by atoms with Gasteiger partial charge in [-0.1, -0.05) is 0 Å². The van der Waals surface area contributed by atoms with Gasteiger partial charge in [0.05, 0.1) is 5.69 Å². The van der Waals surface area contributed by atoms with Crippen LogP contribution in [0.2, 0.25) is 0 Å². The summed E-state index contributed by atoms with van der Waals surface area (Å²) in [5, 5.41) is 4.97. The fourth-order valence-corrected chi connectivity index (χ4v) is 1.80. The van der Waals surface area contributed by atoms with Crippen molar-refractivity contribution in [2.24, 2.45) is 0 Å². The minimum Gasteiger partial charge on any atom is -0.316 e. The van der Waals surface area contributed by atoms with Crippen LogP contribution in [0.4, 0.5) is 24.1 Å². The van der Waals surface area contributed by atoms with E-state index in [4.69, 9.17) is 0 Å². The van der Waals surface area contributed by atoms with Gasteiger partial charge in [0.15, 0.2) is 5.13 Å². The highest BCUT2D eigenvalue weighted by Gasteiger charge is 2.32. The lowest BCUT2D eigenvalue weighted by atomic mass is 10.4. The van der Waals surface area contributed by atoms with Gasteiger partial charge in [-0.3, -0.25) is 0 Å². The summed E-state index contributed by atoms with van der Waals surface area (Å²) in [5.41, 5.74) is -0.189. The summed E-state index contributed by atoms with van der Waals surface area (Å²) >= 11 is 1.29. The van der Waals surface area contributed by atoms with Gasteiger partial charge in [0.2, 0.25) is 0 Å². The van der Waals surface area contributed by atoms with Crippen molar-refractivity contribution in [1.82, 2.24) is 15.0 Å². The SMILES string of the molecule is Cc1csc(Nc2cc(C(F)(F)F)ncn2)n1. The van der Waals surface area contributed by atoms with Crippen molar-refractivity contribution in [3.8, 4) is 0 Å². The first-order valence-electron chi connectivity index (χ1n) is 4.53. The van der Waals surface area contributed by atoms with Gasteiger partial charge in [-0.15, -0.1) is 11.3 Å². The average molecular weight is 260 g/mol. The summed E-state index contributed by atoms with van der Waals surface area (Å²) in [4.78, 5) is 10.9. The standard InChI is InChI=1S/C9H7F3N4S/c1-5-3-17-8(15-5)16-7-2-6(9(10,11)12)13-4-14-7/h2-4H,1H3,(H,13,14,15,16). The smallest absolute Gasteiger partial charge is 0.316 e. The molecule has 0 unspecified atom stereocenters. The predicted octanol–water partition coefficient (Wildman–Crippen LogP) is 3.00. The maximum atomic E-state index is 12.4. The molecule has 0 fully saturated rings. The third-order valence-electron chi connectivity index (χ3n) is 1.81. The molecule has 0 aliphatic carbocycles. The van der Waals surface area contributed by atoms with Gasteiger partial charge < -0.3 is 5.32 Å². The lowest BCUT2D eigenvalue weighted by Crippen LogP contribution is -2.09. The third-order valence-corrected chi connectivity index (χ3v) is 2.69. The molecule has 2 aromatic heterocycles. The second kappa shape index (κ2) is 4.28. The number of halogens is 3. The van der Waals surface area contributed by atoms with E-state index in [2.05, 4.69) is 20.3 Å². The zero-order valence-corrected chi connectivity index (χ0v) is 9.43. The van der Waals surface area contributed by atoms with E-state index in [1.807, 2.05) is 0 Å². The first kappa shape index (κ1) is 11.8. The van der Waals surface area contributed by atoms with Gasteiger partial charge in [0.25, 0.3) is 0 Å². The molecule has 0 bridgehead atoms. The van der Waals surface area contributed by atoms with E-state index in [9.17, 15) is 13.2 Å². The van der Waals surface area contributed by atoms with Crippen LogP contribution in [0.1, 0.15) is 11.4 Å². The molecular formula is C9H7F3N4S. The number of thiazole rings is 1. The minimum atomic E-state index is -4.47. The van der Waals surface area contributed by atoms with Crippen molar-refractivity contribution in [2.45, 2.75) is 13.1 Å². The summed E-state index contributed by atoms with van der Waals surface area (Å²) in [7, 11) is 0. The van der Waals surface area contributed by atoms with Gasteiger partial charge in [0, 0.05) is 11.4 Å². The van der Waals surface area contributed by atoms with E-state index in [-0.39, 0.29) is 5.82 Å². The second-order valence-corrected chi connectivity index (χ2v) is 4.06. The topological polar surface area (TPSA) is 50.7 Å². The Hall–Kier alpha value is -1.70. The van der Waals surface area contributed by atoms with Crippen LogP contribution in [0.5, 0.6) is 0 Å². The van der Waals surface area contributed by atoms with Crippen LogP contribution in [-0.2, 0) is 6.18 Å². The molecule has 90 valence electrons. The van der Waals surface area contributed by atoms with Crippen LogP contribution < -0.4 is 5.32 Å². The van der Waals surface area contributed by atoms with Gasteiger partial charge >= 0.3 is 6.18 Å². The number of nitrogens with zero attached hydrogens (tertiary/aromatic N) is 3. The maximum Gasteiger partial charge on any atom is 0.433 e. The normalized spacial score (nSPS) is 11.5. The molecule has 0 atom stereocenters. The Balaban J connectivity index is 2.22. The van der Waals surface area contributed by atoms with Crippen molar-refractivity contribution in [1.29, 1.82) is 0 Å². The first-order valence-corrected chi connectivity index (χ1v) is 5.41. The quantitative estimate of drug-likeness (QED) is 0.901. The molecule has 0 amide bonds. The van der Waals surface area contributed by atoms with Crippen molar-refractivity contribution in [3.63, 3.8) is 0 Å². The second-order valence-electron chi connectivity index (χ2n) is 3.21. The number of nitrogens with one attached hydrogen (secondary N) is 1. The zero-order chi connectivity index (χ0) is 12.5. The number of rotatable bonds is 2. The van der Waals surface area contributed by atoms with Gasteiger partial charge in [-0.2, -0.15) is 13.2 Å². The van der Waals surface area contributed by atoms with Crippen molar-refractivity contribution in [3.05, 3.63) is 29.2 Å². The molecule has 0 aliphatic rings. The van der Waals surface area contributed by atoms with E-state index in [1.165, 1.54) is 11.3 Å². The fraction of sp³-hybridized carbons (Fsp3) is 0.222. The Labute approximate surface area is 98.6 Å².